The van der Waals surface area contributed by atoms with E-state index in [0.717, 1.165) is 5.69 Å². The number of rotatable bonds is 5. The lowest BCUT2D eigenvalue weighted by Crippen LogP contribution is -1.99. The van der Waals surface area contributed by atoms with Crippen LogP contribution < -0.4 is 14.8 Å². The number of nitrogens with zero attached hydrogens (tertiary/aromatic N) is 2. The van der Waals surface area contributed by atoms with Crippen molar-refractivity contribution < 1.29 is 13.9 Å². The number of ether oxygens (including phenoxy) is 2. The number of fused-ring (bicyclic) bond motifs is 1. The van der Waals surface area contributed by atoms with Crippen molar-refractivity contribution in [3.8, 4) is 11.5 Å². The summed E-state index contributed by atoms with van der Waals surface area (Å²) in [7, 11) is 1.58. The summed E-state index contributed by atoms with van der Waals surface area (Å²) in [6.07, 6.45) is 1.44. The van der Waals surface area contributed by atoms with Crippen LogP contribution in [0.15, 0.2) is 42.7 Å². The van der Waals surface area contributed by atoms with Gasteiger partial charge in [-0.05, 0) is 37.3 Å². The number of aromatic nitrogens is 2. The molecule has 0 radical (unpaired) electrons. The van der Waals surface area contributed by atoms with Crippen molar-refractivity contribution >= 4 is 22.4 Å². The number of methoxy groups -OCH3 is 1. The maximum Gasteiger partial charge on any atom is 0.162 e. The molecule has 6 heteroatoms. The monoisotopic (exact) mass is 313 g/mol. The third kappa shape index (κ3) is 3.15. The molecule has 0 saturated heterocycles. The second-order valence-electron chi connectivity index (χ2n) is 4.81. The van der Waals surface area contributed by atoms with Crippen LogP contribution in [0.2, 0.25) is 0 Å². The van der Waals surface area contributed by atoms with Crippen molar-refractivity contribution in [3.63, 3.8) is 0 Å². The molecule has 1 heterocycles. The number of hydrogen-bond donors (Lipinski definition) is 1. The highest BCUT2D eigenvalue weighted by molar-refractivity contribution is 5.90. The standard InChI is InChI=1S/C17H16FN3O2/c1-3-23-15-7-5-12(9-16(15)22-2)21-17-13-8-11(18)4-6-14(13)19-10-20-17/h4-10H,3H2,1-2H3,(H,19,20,21). The number of anilines is 2. The van der Waals surface area contributed by atoms with Crippen LogP contribution in [0.1, 0.15) is 6.92 Å². The normalized spacial score (nSPS) is 10.6. The van der Waals surface area contributed by atoms with Gasteiger partial charge in [-0.3, -0.25) is 0 Å². The molecule has 1 aromatic heterocycles. The Morgan fingerprint density at radius 2 is 1.96 bits per heavy atom. The lowest BCUT2D eigenvalue weighted by molar-refractivity contribution is 0.311. The van der Waals surface area contributed by atoms with Crippen LogP contribution in [0, 0.1) is 5.82 Å². The number of benzene rings is 2. The third-order valence-corrected chi connectivity index (χ3v) is 3.32. The molecule has 0 unspecified atom stereocenters. The highest BCUT2D eigenvalue weighted by Gasteiger charge is 2.09. The van der Waals surface area contributed by atoms with Crippen molar-refractivity contribution in [3.05, 3.63) is 48.5 Å². The SMILES string of the molecule is CCOc1ccc(Nc2ncnc3ccc(F)cc23)cc1OC. The molecule has 0 atom stereocenters. The Balaban J connectivity index is 1.97. The van der Waals surface area contributed by atoms with E-state index in [1.54, 1.807) is 19.2 Å². The zero-order valence-corrected chi connectivity index (χ0v) is 12.8. The third-order valence-electron chi connectivity index (χ3n) is 3.32. The first-order chi connectivity index (χ1) is 11.2. The van der Waals surface area contributed by atoms with Gasteiger partial charge in [-0.25, -0.2) is 14.4 Å². The Labute approximate surface area is 133 Å². The molecule has 5 nitrogen and oxygen atoms in total. The van der Waals surface area contributed by atoms with E-state index in [0.29, 0.717) is 34.8 Å². The number of nitrogens with one attached hydrogen (secondary N) is 1. The van der Waals surface area contributed by atoms with Gasteiger partial charge in [0, 0.05) is 17.1 Å². The Hall–Kier alpha value is -2.89. The summed E-state index contributed by atoms with van der Waals surface area (Å²) in [5, 5.41) is 3.78. The van der Waals surface area contributed by atoms with Gasteiger partial charge >= 0.3 is 0 Å². The lowest BCUT2D eigenvalue weighted by atomic mass is 10.2. The zero-order chi connectivity index (χ0) is 16.2. The largest absolute Gasteiger partial charge is 0.493 e. The van der Waals surface area contributed by atoms with Crippen LogP contribution in [-0.2, 0) is 0 Å². The molecule has 0 fully saturated rings. The average Bonchev–Trinajstić information content (AvgIpc) is 2.57. The van der Waals surface area contributed by atoms with Crippen LogP contribution >= 0.6 is 0 Å². The van der Waals surface area contributed by atoms with Gasteiger partial charge in [-0.2, -0.15) is 0 Å². The predicted octanol–water partition coefficient (Wildman–Crippen LogP) is 3.92. The molecule has 0 aliphatic carbocycles. The van der Waals surface area contributed by atoms with Crippen LogP contribution in [-0.4, -0.2) is 23.7 Å². The molecular formula is C17H16FN3O2. The van der Waals surface area contributed by atoms with Gasteiger partial charge in [-0.15, -0.1) is 0 Å². The minimum absolute atomic E-state index is 0.334. The Morgan fingerprint density at radius 1 is 1.09 bits per heavy atom. The fourth-order valence-electron chi connectivity index (χ4n) is 2.29. The quantitative estimate of drug-likeness (QED) is 0.773. The van der Waals surface area contributed by atoms with Crippen LogP contribution in [0.5, 0.6) is 11.5 Å². The summed E-state index contributed by atoms with van der Waals surface area (Å²) in [6, 6.07) is 9.87. The van der Waals surface area contributed by atoms with Gasteiger partial charge in [0.2, 0.25) is 0 Å². The summed E-state index contributed by atoms with van der Waals surface area (Å²) < 4.78 is 24.3. The first-order valence-corrected chi connectivity index (χ1v) is 7.19. The Bertz CT molecular complexity index is 839. The Morgan fingerprint density at radius 3 is 2.74 bits per heavy atom. The minimum Gasteiger partial charge on any atom is -0.493 e. The molecular weight excluding hydrogens is 297 g/mol. The van der Waals surface area contributed by atoms with Gasteiger partial charge in [0.05, 0.1) is 19.2 Å². The van der Waals surface area contributed by atoms with Crippen molar-refractivity contribution in [2.45, 2.75) is 6.92 Å². The van der Waals surface area contributed by atoms with E-state index >= 15 is 0 Å². The lowest BCUT2D eigenvalue weighted by Gasteiger charge is -2.13. The first kappa shape index (κ1) is 15.0. The molecule has 3 aromatic rings. The van der Waals surface area contributed by atoms with Crippen molar-refractivity contribution in [2.24, 2.45) is 0 Å². The van der Waals surface area contributed by atoms with E-state index in [1.807, 2.05) is 19.1 Å². The van der Waals surface area contributed by atoms with Crippen LogP contribution in [0.25, 0.3) is 10.9 Å². The fourth-order valence-corrected chi connectivity index (χ4v) is 2.29. The van der Waals surface area contributed by atoms with Gasteiger partial charge in [-0.1, -0.05) is 0 Å². The van der Waals surface area contributed by atoms with E-state index in [1.165, 1.54) is 18.5 Å². The van der Waals surface area contributed by atoms with Crippen molar-refractivity contribution in [1.29, 1.82) is 0 Å². The smallest absolute Gasteiger partial charge is 0.162 e. The fraction of sp³-hybridized carbons (Fsp3) is 0.176. The molecule has 0 spiro atoms. The highest BCUT2D eigenvalue weighted by Crippen LogP contribution is 2.32. The average molecular weight is 313 g/mol. The summed E-state index contributed by atoms with van der Waals surface area (Å²) in [5.41, 5.74) is 1.43. The molecule has 23 heavy (non-hydrogen) atoms. The van der Waals surface area contributed by atoms with Crippen LogP contribution in [0.4, 0.5) is 15.9 Å². The maximum absolute atomic E-state index is 13.5. The van der Waals surface area contributed by atoms with E-state index < -0.39 is 0 Å². The highest BCUT2D eigenvalue weighted by atomic mass is 19.1. The van der Waals surface area contributed by atoms with E-state index in [2.05, 4.69) is 15.3 Å². The first-order valence-electron chi connectivity index (χ1n) is 7.19. The molecule has 0 bridgehead atoms. The molecule has 2 aromatic carbocycles. The predicted molar refractivity (Wildman–Crippen MR) is 86.9 cm³/mol. The second-order valence-corrected chi connectivity index (χ2v) is 4.81. The molecule has 3 rings (SSSR count). The van der Waals surface area contributed by atoms with Crippen molar-refractivity contribution in [1.82, 2.24) is 9.97 Å². The van der Waals surface area contributed by atoms with Gasteiger partial charge < -0.3 is 14.8 Å². The summed E-state index contributed by atoms with van der Waals surface area (Å²) in [4.78, 5) is 8.33. The number of hydrogen-bond acceptors (Lipinski definition) is 5. The molecule has 118 valence electrons. The zero-order valence-electron chi connectivity index (χ0n) is 12.8. The van der Waals surface area contributed by atoms with Gasteiger partial charge in [0.15, 0.2) is 11.5 Å². The topological polar surface area (TPSA) is 56.3 Å². The minimum atomic E-state index is -0.334. The maximum atomic E-state index is 13.5. The molecule has 1 N–H and O–H groups in total. The molecule has 0 aliphatic rings. The van der Waals surface area contributed by atoms with Crippen molar-refractivity contribution in [2.75, 3.05) is 19.0 Å². The number of halogens is 1. The van der Waals surface area contributed by atoms with Gasteiger partial charge in [0.1, 0.15) is 18.0 Å². The van der Waals surface area contributed by atoms with E-state index in [9.17, 15) is 4.39 Å². The van der Waals surface area contributed by atoms with E-state index in [4.69, 9.17) is 9.47 Å². The summed E-state index contributed by atoms with van der Waals surface area (Å²) in [5.74, 6) is 1.47. The Kier molecular flexibility index (Phi) is 4.23. The molecule has 0 amide bonds. The van der Waals surface area contributed by atoms with Gasteiger partial charge in [0.25, 0.3) is 0 Å². The summed E-state index contributed by atoms with van der Waals surface area (Å²) >= 11 is 0. The molecule has 0 saturated carbocycles. The summed E-state index contributed by atoms with van der Waals surface area (Å²) in [6.45, 7) is 2.46. The second kappa shape index (κ2) is 6.48. The van der Waals surface area contributed by atoms with Crippen LogP contribution in [0.3, 0.4) is 0 Å². The molecule has 0 aliphatic heterocycles. The van der Waals surface area contributed by atoms with E-state index in [-0.39, 0.29) is 5.82 Å².